The van der Waals surface area contributed by atoms with E-state index in [0.717, 1.165) is 6.08 Å². The molecule has 9 heteroatoms. The van der Waals surface area contributed by atoms with E-state index >= 15 is 0 Å². The highest BCUT2D eigenvalue weighted by molar-refractivity contribution is 6.61. The van der Waals surface area contributed by atoms with Gasteiger partial charge in [0.1, 0.15) is 11.5 Å². The summed E-state index contributed by atoms with van der Waals surface area (Å²) in [5, 5.41) is 9.05. The van der Waals surface area contributed by atoms with Crippen LogP contribution in [0.2, 0.25) is 0 Å². The molecule has 1 aliphatic rings. The zero-order valence-corrected chi connectivity index (χ0v) is 11.0. The number of hydrogen-bond donors (Lipinski definition) is 1. The Morgan fingerprint density at radius 2 is 2.00 bits per heavy atom. The minimum Gasteiger partial charge on any atom is -0.503 e. The third-order valence-corrected chi connectivity index (χ3v) is 3.07. The molecule has 0 bridgehead atoms. The first-order valence-electron chi connectivity index (χ1n) is 5.78. The molecule has 0 aromatic heterocycles. The number of rotatable bonds is 2. The number of carbonyl (C=O) groups excluding carboxylic acids is 1. The number of amides is 1. The Balaban J connectivity index is 2.63. The molecule has 4 nitrogen and oxygen atoms in total. The number of amidine groups is 1. The highest BCUT2D eigenvalue weighted by Crippen LogP contribution is 2.24. The highest BCUT2D eigenvalue weighted by atomic mass is 19.2. The van der Waals surface area contributed by atoms with Gasteiger partial charge in [-0.25, -0.2) is 13.8 Å². The van der Waals surface area contributed by atoms with Gasteiger partial charge in [-0.1, -0.05) is 0 Å². The zero-order chi connectivity index (χ0) is 15.9. The van der Waals surface area contributed by atoms with E-state index in [1.165, 1.54) is 18.9 Å². The molecule has 110 valence electrons. The Labute approximate surface area is 117 Å². The summed E-state index contributed by atoms with van der Waals surface area (Å²) in [4.78, 5) is 16.8. The van der Waals surface area contributed by atoms with Crippen LogP contribution in [0.25, 0.3) is 6.08 Å². The fourth-order valence-corrected chi connectivity index (χ4v) is 1.84. The van der Waals surface area contributed by atoms with E-state index in [0.29, 0.717) is 11.9 Å². The summed E-state index contributed by atoms with van der Waals surface area (Å²) in [6.45, 7) is 1.52. The van der Waals surface area contributed by atoms with Crippen molar-refractivity contribution < 1.29 is 27.3 Å². The number of carbonyl (C=O) groups is 1. The lowest BCUT2D eigenvalue weighted by Gasteiger charge is -2.08. The van der Waals surface area contributed by atoms with E-state index in [2.05, 4.69) is 4.99 Å². The zero-order valence-electron chi connectivity index (χ0n) is 11.0. The van der Waals surface area contributed by atoms with Crippen molar-refractivity contribution in [2.45, 2.75) is 6.92 Å². The minimum absolute atomic E-state index is 0.221. The van der Waals surface area contributed by atoms with Gasteiger partial charge in [0.15, 0.2) is 17.4 Å². The molecule has 0 saturated carbocycles. The maximum Gasteiger partial charge on any atom is 0.575 e. The van der Waals surface area contributed by atoms with E-state index in [4.69, 9.17) is 5.11 Å². The van der Waals surface area contributed by atoms with Gasteiger partial charge in [0.2, 0.25) is 0 Å². The van der Waals surface area contributed by atoms with Crippen molar-refractivity contribution in [2.24, 2.45) is 4.99 Å². The van der Waals surface area contributed by atoms with E-state index < -0.39 is 41.6 Å². The summed E-state index contributed by atoms with van der Waals surface area (Å²) in [5.41, 5.74) is -1.95. The van der Waals surface area contributed by atoms with Crippen LogP contribution in [0.15, 0.2) is 16.8 Å². The molecule has 2 rings (SSSR count). The average Bonchev–Trinajstić information content (AvgIpc) is 2.63. The predicted octanol–water partition coefficient (Wildman–Crippen LogP) is 1.54. The van der Waals surface area contributed by atoms with E-state index in [1.807, 2.05) is 0 Å². The number of halogens is 4. The first-order valence-corrected chi connectivity index (χ1v) is 5.78. The molecule has 1 aromatic carbocycles. The summed E-state index contributed by atoms with van der Waals surface area (Å²) in [6.07, 6.45) is 0.864. The molecule has 0 atom stereocenters. The predicted molar refractivity (Wildman–Crippen MR) is 69.5 cm³/mol. The number of aliphatic imine (C=N–C) groups is 1. The van der Waals surface area contributed by atoms with Gasteiger partial charge in [-0.15, -0.1) is 0 Å². The van der Waals surface area contributed by atoms with Gasteiger partial charge in [0, 0.05) is 12.5 Å². The topological polar surface area (TPSA) is 52.9 Å². The number of hydrogen-bond acceptors (Lipinski definition) is 3. The van der Waals surface area contributed by atoms with Crippen LogP contribution in [0.1, 0.15) is 12.5 Å². The lowest BCUT2D eigenvalue weighted by atomic mass is 9.80. The maximum atomic E-state index is 13.6. The van der Waals surface area contributed by atoms with Crippen molar-refractivity contribution in [1.82, 2.24) is 4.90 Å². The van der Waals surface area contributed by atoms with Crippen LogP contribution in [-0.2, 0) is 4.79 Å². The summed E-state index contributed by atoms with van der Waals surface area (Å²) < 4.78 is 52.7. The van der Waals surface area contributed by atoms with Crippen LogP contribution in [0.5, 0.6) is 5.75 Å². The quantitative estimate of drug-likeness (QED) is 0.512. The van der Waals surface area contributed by atoms with Crippen LogP contribution >= 0.6 is 0 Å². The lowest BCUT2D eigenvalue weighted by Crippen LogP contribution is -2.28. The molecular weight excluding hydrogens is 291 g/mol. The molecule has 1 heterocycles. The van der Waals surface area contributed by atoms with E-state index in [-0.39, 0.29) is 5.70 Å². The number of nitrogens with zero attached hydrogens (tertiary/aromatic N) is 2. The summed E-state index contributed by atoms with van der Waals surface area (Å²) in [6, 6.07) is 0.531. The van der Waals surface area contributed by atoms with Gasteiger partial charge < -0.3 is 5.11 Å². The second kappa shape index (κ2) is 5.23. The molecule has 1 aromatic rings. The Morgan fingerprint density at radius 1 is 1.38 bits per heavy atom. The van der Waals surface area contributed by atoms with Crippen molar-refractivity contribution in [1.29, 1.82) is 0 Å². The molecule has 0 fully saturated rings. The van der Waals surface area contributed by atoms with Crippen molar-refractivity contribution in [3.05, 3.63) is 29.0 Å². The van der Waals surface area contributed by atoms with Gasteiger partial charge >= 0.3 is 7.27 Å². The summed E-state index contributed by atoms with van der Waals surface area (Å²) in [7, 11) is -1.86. The van der Waals surface area contributed by atoms with Crippen LogP contribution in [0.3, 0.4) is 0 Å². The Hall–Kier alpha value is -2.32. The molecule has 21 heavy (non-hydrogen) atoms. The van der Waals surface area contributed by atoms with Gasteiger partial charge in [0.05, 0.1) is 0 Å². The van der Waals surface area contributed by atoms with E-state index in [9.17, 15) is 22.2 Å². The third kappa shape index (κ3) is 2.50. The second-order valence-corrected chi connectivity index (χ2v) is 4.38. The van der Waals surface area contributed by atoms with Crippen molar-refractivity contribution in [2.75, 3.05) is 7.05 Å². The van der Waals surface area contributed by atoms with Gasteiger partial charge in [-0.3, -0.25) is 18.3 Å². The SMILES string of the molecule is CC1=NC(=Cc2cc(F)c(O)c(F)c2B(F)F)C(=O)N1C. The van der Waals surface area contributed by atoms with Crippen molar-refractivity contribution >= 4 is 30.5 Å². The minimum atomic E-state index is -3.29. The molecule has 0 unspecified atom stereocenters. The first-order chi connectivity index (χ1) is 9.73. The Morgan fingerprint density at radius 3 is 2.48 bits per heavy atom. The third-order valence-electron chi connectivity index (χ3n) is 3.07. The molecule has 0 spiro atoms. The van der Waals surface area contributed by atoms with Crippen LogP contribution in [0.4, 0.5) is 17.4 Å². The fourth-order valence-electron chi connectivity index (χ4n) is 1.84. The standard InChI is InChI=1S/C12H9BF4N2O2/c1-5-18-8(12(21)19(5)2)4-6-3-7(14)11(20)10(15)9(6)13(16)17/h3-4,20H,1-2H3. The van der Waals surface area contributed by atoms with Crippen LogP contribution in [0, 0.1) is 11.6 Å². The Kier molecular flexibility index (Phi) is 3.76. The summed E-state index contributed by atoms with van der Waals surface area (Å²) >= 11 is 0. The van der Waals surface area contributed by atoms with Crippen molar-refractivity contribution in [3.8, 4) is 5.75 Å². The monoisotopic (exact) mass is 300 g/mol. The number of benzene rings is 1. The smallest absolute Gasteiger partial charge is 0.503 e. The number of aromatic hydroxyl groups is 1. The summed E-state index contributed by atoms with van der Waals surface area (Å²) in [5.74, 6) is -4.90. The van der Waals surface area contributed by atoms with Gasteiger partial charge in [-0.2, -0.15) is 0 Å². The molecule has 0 aliphatic carbocycles. The number of phenols is 1. The normalized spacial score (nSPS) is 16.7. The van der Waals surface area contributed by atoms with Crippen LogP contribution in [-0.4, -0.2) is 36.1 Å². The van der Waals surface area contributed by atoms with Gasteiger partial charge in [0.25, 0.3) is 5.91 Å². The first kappa shape index (κ1) is 15.1. The average molecular weight is 300 g/mol. The van der Waals surface area contributed by atoms with Crippen molar-refractivity contribution in [3.63, 3.8) is 0 Å². The van der Waals surface area contributed by atoms with E-state index in [1.54, 1.807) is 0 Å². The molecule has 1 amide bonds. The lowest BCUT2D eigenvalue weighted by molar-refractivity contribution is -0.121. The Bertz CT molecular complexity index is 688. The number of phenolic OH excluding ortho intramolecular Hbond substituents is 1. The van der Waals surface area contributed by atoms with Gasteiger partial charge in [-0.05, 0) is 24.6 Å². The fraction of sp³-hybridized carbons (Fsp3) is 0.167. The largest absolute Gasteiger partial charge is 0.575 e. The molecule has 1 N–H and O–H groups in total. The molecule has 0 radical (unpaired) electrons. The maximum absolute atomic E-state index is 13.6. The molecule has 0 saturated heterocycles. The molecule has 1 aliphatic heterocycles. The second-order valence-electron chi connectivity index (χ2n) is 4.38. The highest BCUT2D eigenvalue weighted by Gasteiger charge is 2.30. The van der Waals surface area contributed by atoms with Crippen LogP contribution < -0.4 is 5.46 Å². The molecular formula is C12H9BF4N2O2. The number of likely N-dealkylation sites (N-methyl/N-ethyl adjacent to an activating group) is 1.